The summed E-state index contributed by atoms with van der Waals surface area (Å²) in [5, 5.41) is 0. The van der Waals surface area contributed by atoms with Crippen LogP contribution in [0.2, 0.25) is 0 Å². The molecule has 0 aromatic heterocycles. The minimum Gasteiger partial charge on any atom is -0.466 e. The SMILES string of the molecule is COC(=O)C=C(C)C=CC=C(C)c1ccc2c(c1)C(C)(C)CCN2C. The molecule has 0 amide bonds. The fraction of sp³-hybridized carbons (Fsp3) is 0.409. The van der Waals surface area contributed by atoms with Crippen LogP contribution in [0, 0.1) is 0 Å². The second-order valence-electron chi connectivity index (χ2n) is 7.41. The second kappa shape index (κ2) is 7.73. The van der Waals surface area contributed by atoms with Crippen LogP contribution < -0.4 is 4.90 Å². The van der Waals surface area contributed by atoms with E-state index in [1.807, 2.05) is 19.1 Å². The second-order valence-corrected chi connectivity index (χ2v) is 7.41. The van der Waals surface area contributed by atoms with Crippen molar-refractivity contribution in [3.8, 4) is 0 Å². The van der Waals surface area contributed by atoms with Gasteiger partial charge in [0.25, 0.3) is 0 Å². The molecule has 0 unspecified atom stereocenters. The molecule has 0 radical (unpaired) electrons. The quantitative estimate of drug-likeness (QED) is 0.445. The summed E-state index contributed by atoms with van der Waals surface area (Å²) >= 11 is 0. The highest BCUT2D eigenvalue weighted by molar-refractivity contribution is 5.83. The lowest BCUT2D eigenvalue weighted by Gasteiger charge is -2.38. The Balaban J connectivity index is 2.24. The molecule has 0 saturated carbocycles. The maximum Gasteiger partial charge on any atom is 0.330 e. The van der Waals surface area contributed by atoms with Crippen molar-refractivity contribution in [2.45, 2.75) is 39.5 Å². The summed E-state index contributed by atoms with van der Waals surface area (Å²) in [6.45, 7) is 9.74. The van der Waals surface area contributed by atoms with E-state index < -0.39 is 0 Å². The van der Waals surface area contributed by atoms with Crippen LogP contribution in [-0.2, 0) is 14.9 Å². The minimum absolute atomic E-state index is 0.202. The first-order chi connectivity index (χ1) is 11.7. The van der Waals surface area contributed by atoms with Crippen LogP contribution >= 0.6 is 0 Å². The normalized spacial score (nSPS) is 17.6. The molecule has 3 nitrogen and oxygen atoms in total. The fourth-order valence-corrected chi connectivity index (χ4v) is 3.09. The van der Waals surface area contributed by atoms with E-state index in [1.165, 1.54) is 42.0 Å². The zero-order valence-corrected chi connectivity index (χ0v) is 16.2. The van der Waals surface area contributed by atoms with Gasteiger partial charge in [0, 0.05) is 25.4 Å². The third-order valence-corrected chi connectivity index (χ3v) is 4.92. The molecule has 0 saturated heterocycles. The minimum atomic E-state index is -0.330. The molecule has 1 aliphatic rings. The van der Waals surface area contributed by atoms with Crippen molar-refractivity contribution in [1.29, 1.82) is 0 Å². The number of fused-ring (bicyclic) bond motifs is 1. The molecule has 2 rings (SSSR count). The number of carbonyl (C=O) groups is 1. The lowest BCUT2D eigenvalue weighted by atomic mass is 9.77. The third-order valence-electron chi connectivity index (χ3n) is 4.92. The van der Waals surface area contributed by atoms with Gasteiger partial charge in [0.2, 0.25) is 0 Å². The summed E-state index contributed by atoms with van der Waals surface area (Å²) in [4.78, 5) is 13.6. The Kier molecular flexibility index (Phi) is 5.89. The lowest BCUT2D eigenvalue weighted by Crippen LogP contribution is -2.34. The van der Waals surface area contributed by atoms with Crippen LogP contribution in [0.1, 0.15) is 45.2 Å². The van der Waals surface area contributed by atoms with Crippen LogP contribution in [0.3, 0.4) is 0 Å². The summed E-state index contributed by atoms with van der Waals surface area (Å²) in [5.74, 6) is -0.330. The molecule has 1 aromatic rings. The van der Waals surface area contributed by atoms with Crippen molar-refractivity contribution in [1.82, 2.24) is 0 Å². The van der Waals surface area contributed by atoms with Gasteiger partial charge in [-0.2, -0.15) is 0 Å². The maximum atomic E-state index is 11.2. The summed E-state index contributed by atoms with van der Waals surface area (Å²) < 4.78 is 4.63. The van der Waals surface area contributed by atoms with Gasteiger partial charge < -0.3 is 9.64 Å². The van der Waals surface area contributed by atoms with E-state index in [-0.39, 0.29) is 11.4 Å². The number of nitrogens with zero attached hydrogens (tertiary/aromatic N) is 1. The summed E-state index contributed by atoms with van der Waals surface area (Å²) in [5.41, 5.74) is 6.25. The van der Waals surface area contributed by atoms with Crippen molar-refractivity contribution >= 4 is 17.2 Å². The molecule has 1 aromatic carbocycles. The molecule has 3 heteroatoms. The molecule has 1 heterocycles. The van der Waals surface area contributed by atoms with Gasteiger partial charge >= 0.3 is 5.97 Å². The Morgan fingerprint density at radius 2 is 2.00 bits per heavy atom. The monoisotopic (exact) mass is 339 g/mol. The van der Waals surface area contributed by atoms with Gasteiger partial charge in [-0.1, -0.05) is 38.1 Å². The van der Waals surface area contributed by atoms with Crippen molar-refractivity contribution < 1.29 is 9.53 Å². The van der Waals surface area contributed by atoms with Crippen molar-refractivity contribution in [3.05, 3.63) is 59.2 Å². The number of hydrogen-bond donors (Lipinski definition) is 0. The van der Waals surface area contributed by atoms with Crippen molar-refractivity contribution in [2.75, 3.05) is 25.6 Å². The van der Waals surface area contributed by atoms with Gasteiger partial charge in [0.05, 0.1) is 7.11 Å². The Hall–Kier alpha value is -2.29. The molecule has 0 fully saturated rings. The molecule has 25 heavy (non-hydrogen) atoms. The van der Waals surface area contributed by atoms with E-state index in [1.54, 1.807) is 0 Å². The van der Waals surface area contributed by atoms with Crippen molar-refractivity contribution in [2.24, 2.45) is 0 Å². The number of anilines is 1. The third kappa shape index (κ3) is 4.62. The Morgan fingerprint density at radius 3 is 2.68 bits per heavy atom. The highest BCUT2D eigenvalue weighted by atomic mass is 16.5. The fourth-order valence-electron chi connectivity index (χ4n) is 3.09. The van der Waals surface area contributed by atoms with E-state index in [4.69, 9.17) is 0 Å². The lowest BCUT2D eigenvalue weighted by molar-refractivity contribution is -0.134. The van der Waals surface area contributed by atoms with E-state index >= 15 is 0 Å². The van der Waals surface area contributed by atoms with Gasteiger partial charge in [0.15, 0.2) is 0 Å². The van der Waals surface area contributed by atoms with Crippen LogP contribution in [-0.4, -0.2) is 26.7 Å². The van der Waals surface area contributed by atoms with Gasteiger partial charge in [-0.25, -0.2) is 4.79 Å². The topological polar surface area (TPSA) is 29.5 Å². The summed E-state index contributed by atoms with van der Waals surface area (Å²) in [6.07, 6.45) is 8.62. The van der Waals surface area contributed by atoms with Crippen LogP contribution in [0.25, 0.3) is 5.57 Å². The smallest absolute Gasteiger partial charge is 0.330 e. The number of hydrogen-bond acceptors (Lipinski definition) is 3. The molecule has 1 aliphatic heterocycles. The number of ether oxygens (including phenoxy) is 1. The molecule has 0 atom stereocenters. The first-order valence-electron chi connectivity index (χ1n) is 8.72. The first kappa shape index (κ1) is 19.0. The van der Waals surface area contributed by atoms with E-state index in [0.29, 0.717) is 0 Å². The molecular weight excluding hydrogens is 310 g/mol. The zero-order chi connectivity index (χ0) is 18.6. The molecule has 0 spiro atoms. The average molecular weight is 339 g/mol. The zero-order valence-electron chi connectivity index (χ0n) is 16.2. The van der Waals surface area contributed by atoms with Gasteiger partial charge in [-0.3, -0.25) is 0 Å². The summed E-state index contributed by atoms with van der Waals surface area (Å²) in [6, 6.07) is 6.74. The highest BCUT2D eigenvalue weighted by Gasteiger charge is 2.29. The molecule has 0 N–H and O–H groups in total. The maximum absolute atomic E-state index is 11.2. The first-order valence-corrected chi connectivity index (χ1v) is 8.72. The van der Waals surface area contributed by atoms with Gasteiger partial charge in [-0.15, -0.1) is 0 Å². The number of benzene rings is 1. The Morgan fingerprint density at radius 1 is 1.28 bits per heavy atom. The van der Waals surface area contributed by atoms with Gasteiger partial charge in [-0.05, 0) is 60.1 Å². The van der Waals surface area contributed by atoms with E-state index in [0.717, 1.165) is 12.1 Å². The largest absolute Gasteiger partial charge is 0.466 e. The summed E-state index contributed by atoms with van der Waals surface area (Å²) in [7, 11) is 3.55. The Labute approximate surface area is 151 Å². The Bertz CT molecular complexity index is 738. The molecule has 0 aliphatic carbocycles. The van der Waals surface area contributed by atoms with Crippen molar-refractivity contribution in [3.63, 3.8) is 0 Å². The predicted octanol–water partition coefficient (Wildman–Crippen LogP) is 4.88. The number of rotatable bonds is 4. The van der Waals surface area contributed by atoms with Gasteiger partial charge in [0.1, 0.15) is 0 Å². The molecule has 0 bridgehead atoms. The van der Waals surface area contributed by atoms with E-state index in [9.17, 15) is 4.79 Å². The van der Waals surface area contributed by atoms with Crippen LogP contribution in [0.5, 0.6) is 0 Å². The number of esters is 1. The average Bonchev–Trinajstić information content (AvgIpc) is 2.58. The number of allylic oxidation sites excluding steroid dienone is 5. The van der Waals surface area contributed by atoms with Crippen LogP contribution in [0.4, 0.5) is 5.69 Å². The van der Waals surface area contributed by atoms with Crippen LogP contribution in [0.15, 0.2) is 48.1 Å². The molecule has 134 valence electrons. The van der Waals surface area contributed by atoms with E-state index in [2.05, 4.69) is 61.7 Å². The number of methoxy groups -OCH3 is 1. The standard InChI is InChI=1S/C22H29NO2/c1-16(14-21(24)25-6)8-7-9-17(2)18-10-11-20-19(15-18)22(3,4)12-13-23(20)5/h7-11,14-15H,12-13H2,1-6H3. The number of carbonyl (C=O) groups excluding carboxylic acids is 1. The predicted molar refractivity (Wildman–Crippen MR) is 106 cm³/mol. The highest BCUT2D eigenvalue weighted by Crippen LogP contribution is 2.40. The molecular formula is C22H29NO2.